The van der Waals surface area contributed by atoms with Gasteiger partial charge in [0.25, 0.3) is 0 Å². The highest BCUT2D eigenvalue weighted by Crippen LogP contribution is 2.36. The molecule has 1 aliphatic rings. The highest BCUT2D eigenvalue weighted by molar-refractivity contribution is 6.04. The molecule has 0 spiro atoms. The summed E-state index contributed by atoms with van der Waals surface area (Å²) < 4.78 is 6.65. The van der Waals surface area contributed by atoms with E-state index in [-0.39, 0.29) is 5.60 Å². The fourth-order valence-electron chi connectivity index (χ4n) is 5.21. The smallest absolute Gasteiger partial charge is 0.0879 e. The molecule has 1 nitrogen and oxygen atoms in total. The minimum atomic E-state index is -0.268. The predicted octanol–water partition coefficient (Wildman–Crippen LogP) is 8.37. The van der Waals surface area contributed by atoms with Gasteiger partial charge in [-0.15, -0.1) is 0 Å². The summed E-state index contributed by atoms with van der Waals surface area (Å²) in [4.78, 5) is 0. The summed E-state index contributed by atoms with van der Waals surface area (Å²) in [6.45, 7) is 6.78. The van der Waals surface area contributed by atoms with Crippen LogP contribution < -0.4 is 0 Å². The van der Waals surface area contributed by atoms with E-state index in [1.165, 1.54) is 70.0 Å². The molecular formula is C29H32O. The normalized spacial score (nSPS) is 20.2. The quantitative estimate of drug-likeness (QED) is 0.315. The summed E-state index contributed by atoms with van der Waals surface area (Å²) in [5, 5.41) is 7.79. The molecule has 0 bridgehead atoms. The average molecular weight is 397 g/mol. The molecule has 4 aromatic carbocycles. The van der Waals surface area contributed by atoms with Crippen LogP contribution in [0.4, 0.5) is 0 Å². The summed E-state index contributed by atoms with van der Waals surface area (Å²) >= 11 is 0. The maximum Gasteiger partial charge on any atom is 0.0879 e. The summed E-state index contributed by atoms with van der Waals surface area (Å²) in [5.74, 6) is 0.901. The standard InChI is InChI=1S/C29H32O/c1-4-20-9-13-28(14-10-20)30-29(2,3)27-12-11-23-17-24-15-21-7-5-6-8-22(21)16-25(24)18-26(23)19-27/h5-8,11-12,15-20,28H,4,9-10,13-14H2,1-3H3. The van der Waals surface area contributed by atoms with E-state index in [0.29, 0.717) is 6.10 Å². The van der Waals surface area contributed by atoms with E-state index in [4.69, 9.17) is 4.74 Å². The average Bonchev–Trinajstić information content (AvgIpc) is 2.76. The van der Waals surface area contributed by atoms with Crippen LogP contribution in [0.1, 0.15) is 58.4 Å². The van der Waals surface area contributed by atoms with Crippen LogP contribution in [0.5, 0.6) is 0 Å². The lowest BCUT2D eigenvalue weighted by Gasteiger charge is -2.35. The van der Waals surface area contributed by atoms with Gasteiger partial charge >= 0.3 is 0 Å². The van der Waals surface area contributed by atoms with Gasteiger partial charge in [-0.05, 0) is 114 Å². The van der Waals surface area contributed by atoms with Gasteiger partial charge in [-0.1, -0.05) is 49.7 Å². The number of ether oxygens (including phenoxy) is 1. The Balaban J connectivity index is 1.47. The minimum absolute atomic E-state index is 0.268. The molecule has 1 heteroatoms. The van der Waals surface area contributed by atoms with E-state index in [1.807, 2.05) is 0 Å². The number of rotatable bonds is 4. The van der Waals surface area contributed by atoms with Crippen molar-refractivity contribution >= 4 is 32.3 Å². The molecule has 0 radical (unpaired) electrons. The Kier molecular flexibility index (Phi) is 5.03. The van der Waals surface area contributed by atoms with Crippen molar-refractivity contribution in [3.8, 4) is 0 Å². The molecule has 1 aliphatic carbocycles. The van der Waals surface area contributed by atoms with Gasteiger partial charge in [-0.25, -0.2) is 0 Å². The Bertz CT molecular complexity index is 1200. The van der Waals surface area contributed by atoms with E-state index in [1.54, 1.807) is 0 Å². The number of fused-ring (bicyclic) bond motifs is 3. The molecule has 5 rings (SSSR count). The maximum absolute atomic E-state index is 6.65. The molecule has 0 aromatic heterocycles. The molecule has 0 aliphatic heterocycles. The van der Waals surface area contributed by atoms with Crippen molar-refractivity contribution in [2.75, 3.05) is 0 Å². The lowest BCUT2D eigenvalue weighted by Crippen LogP contribution is -2.31. The van der Waals surface area contributed by atoms with Crippen molar-refractivity contribution in [1.82, 2.24) is 0 Å². The Morgan fingerprint density at radius 1 is 0.700 bits per heavy atom. The third kappa shape index (κ3) is 3.72. The largest absolute Gasteiger partial charge is 0.368 e. The van der Waals surface area contributed by atoms with Crippen molar-refractivity contribution < 1.29 is 4.74 Å². The first-order chi connectivity index (χ1) is 14.5. The van der Waals surface area contributed by atoms with Gasteiger partial charge in [0.05, 0.1) is 11.7 Å². The van der Waals surface area contributed by atoms with Crippen LogP contribution in [-0.2, 0) is 10.3 Å². The molecule has 0 heterocycles. The van der Waals surface area contributed by atoms with Gasteiger partial charge in [0.15, 0.2) is 0 Å². The highest BCUT2D eigenvalue weighted by atomic mass is 16.5. The number of hydrogen-bond acceptors (Lipinski definition) is 1. The van der Waals surface area contributed by atoms with Gasteiger partial charge < -0.3 is 4.74 Å². The molecule has 0 N–H and O–H groups in total. The zero-order valence-electron chi connectivity index (χ0n) is 18.4. The summed E-state index contributed by atoms with van der Waals surface area (Å²) in [6, 6.07) is 24.7. The van der Waals surface area contributed by atoms with Gasteiger partial charge in [0.1, 0.15) is 0 Å². The fraction of sp³-hybridized carbons (Fsp3) is 0.379. The number of hydrogen-bond donors (Lipinski definition) is 0. The fourth-order valence-corrected chi connectivity index (χ4v) is 5.21. The van der Waals surface area contributed by atoms with Crippen molar-refractivity contribution in [3.63, 3.8) is 0 Å². The predicted molar refractivity (Wildman–Crippen MR) is 129 cm³/mol. The first kappa shape index (κ1) is 19.6. The molecular weight excluding hydrogens is 364 g/mol. The molecule has 1 fully saturated rings. The first-order valence-electron chi connectivity index (χ1n) is 11.6. The van der Waals surface area contributed by atoms with Crippen LogP contribution in [0.3, 0.4) is 0 Å². The summed E-state index contributed by atoms with van der Waals surface area (Å²) in [7, 11) is 0. The molecule has 0 amide bonds. The Morgan fingerprint density at radius 3 is 1.83 bits per heavy atom. The topological polar surface area (TPSA) is 9.23 Å². The van der Waals surface area contributed by atoms with Crippen molar-refractivity contribution in [2.45, 2.75) is 64.6 Å². The van der Waals surface area contributed by atoms with Gasteiger partial charge in [0, 0.05) is 0 Å². The summed E-state index contributed by atoms with van der Waals surface area (Å²) in [5.41, 5.74) is 1.00. The summed E-state index contributed by atoms with van der Waals surface area (Å²) in [6.07, 6.45) is 6.73. The van der Waals surface area contributed by atoms with Gasteiger partial charge in [0.2, 0.25) is 0 Å². The maximum atomic E-state index is 6.65. The van der Waals surface area contributed by atoms with Crippen LogP contribution >= 0.6 is 0 Å². The zero-order valence-corrected chi connectivity index (χ0v) is 18.4. The van der Waals surface area contributed by atoms with Crippen LogP contribution in [0, 0.1) is 5.92 Å². The highest BCUT2D eigenvalue weighted by Gasteiger charge is 2.29. The van der Waals surface area contributed by atoms with Gasteiger partial charge in [-0.3, -0.25) is 0 Å². The molecule has 1 saturated carbocycles. The zero-order chi connectivity index (χ0) is 20.7. The second kappa shape index (κ2) is 7.71. The Hall–Kier alpha value is -2.38. The molecule has 30 heavy (non-hydrogen) atoms. The molecule has 0 atom stereocenters. The minimum Gasteiger partial charge on any atom is -0.368 e. The number of benzene rings is 4. The van der Waals surface area contributed by atoms with Crippen LogP contribution in [0.25, 0.3) is 32.3 Å². The van der Waals surface area contributed by atoms with E-state index < -0.39 is 0 Å². The van der Waals surface area contributed by atoms with E-state index in [0.717, 1.165) is 5.92 Å². The van der Waals surface area contributed by atoms with Gasteiger partial charge in [-0.2, -0.15) is 0 Å². The molecule has 154 valence electrons. The lowest BCUT2D eigenvalue weighted by atomic mass is 9.85. The van der Waals surface area contributed by atoms with Crippen molar-refractivity contribution in [1.29, 1.82) is 0 Å². The third-order valence-electron chi connectivity index (χ3n) is 7.19. The molecule has 4 aromatic rings. The SMILES string of the molecule is CCC1CCC(OC(C)(C)c2ccc3cc4cc5ccccc5cc4cc3c2)CC1. The lowest BCUT2D eigenvalue weighted by molar-refractivity contribution is -0.0935. The van der Waals surface area contributed by atoms with Crippen molar-refractivity contribution in [2.24, 2.45) is 5.92 Å². The second-order valence-corrected chi connectivity index (χ2v) is 9.64. The second-order valence-electron chi connectivity index (χ2n) is 9.64. The van der Waals surface area contributed by atoms with Crippen LogP contribution in [0.2, 0.25) is 0 Å². The molecule has 0 unspecified atom stereocenters. The van der Waals surface area contributed by atoms with Crippen LogP contribution in [0.15, 0.2) is 66.7 Å². The van der Waals surface area contributed by atoms with E-state index in [9.17, 15) is 0 Å². The molecule has 0 saturated heterocycles. The third-order valence-corrected chi connectivity index (χ3v) is 7.19. The monoisotopic (exact) mass is 396 g/mol. The first-order valence-corrected chi connectivity index (χ1v) is 11.6. The van der Waals surface area contributed by atoms with Crippen LogP contribution in [-0.4, -0.2) is 6.10 Å². The Labute approximate surface area is 180 Å². The van der Waals surface area contributed by atoms with Crippen molar-refractivity contribution in [3.05, 3.63) is 72.3 Å². The Morgan fingerprint density at radius 2 is 1.23 bits per heavy atom. The van der Waals surface area contributed by atoms with E-state index in [2.05, 4.69) is 87.5 Å². The van der Waals surface area contributed by atoms with E-state index >= 15 is 0 Å².